The van der Waals surface area contributed by atoms with E-state index >= 15 is 0 Å². The number of pyridine rings is 1. The maximum absolute atomic E-state index is 14.6. The summed E-state index contributed by atoms with van der Waals surface area (Å²) in [5.41, 5.74) is 1.17. The van der Waals surface area contributed by atoms with Crippen molar-refractivity contribution in [3.8, 4) is 10.4 Å². The number of amides is 1. The van der Waals surface area contributed by atoms with Crippen molar-refractivity contribution >= 4 is 33.3 Å². The Hall–Kier alpha value is -3.31. The standard InChI is InChI=1S/C24H26FN5O4S/c1-13-9-29-10-14(7-15(25)21(29)27-13)19-8-16-20(35-19)22(32)30(12-26-16)17-5-6-28(11-18(17)31)23(33)34-24(2,3)4/h7-10,12,17-18,31H,5-6,11H2,1-4H3/t17-,18-/m0/s1. The molecule has 35 heavy (non-hydrogen) atoms. The van der Waals surface area contributed by atoms with Crippen molar-refractivity contribution in [2.24, 2.45) is 0 Å². The van der Waals surface area contributed by atoms with Gasteiger partial charge in [0.1, 0.15) is 10.3 Å². The topological polar surface area (TPSA) is 102 Å². The first kappa shape index (κ1) is 23.4. The number of imidazole rings is 1. The van der Waals surface area contributed by atoms with Crippen molar-refractivity contribution in [2.75, 3.05) is 13.1 Å². The molecule has 184 valence electrons. The molecule has 0 spiro atoms. The Labute approximate surface area is 204 Å². The van der Waals surface area contributed by atoms with Gasteiger partial charge >= 0.3 is 6.09 Å². The van der Waals surface area contributed by atoms with Gasteiger partial charge in [0.2, 0.25) is 0 Å². The number of aryl methyl sites for hydroxylation is 1. The molecule has 1 aliphatic rings. The Bertz CT molecular complexity index is 1500. The van der Waals surface area contributed by atoms with E-state index in [9.17, 15) is 19.1 Å². The molecule has 0 radical (unpaired) electrons. The van der Waals surface area contributed by atoms with E-state index in [1.54, 1.807) is 50.6 Å². The van der Waals surface area contributed by atoms with Crippen LogP contribution in [0.1, 0.15) is 38.9 Å². The minimum atomic E-state index is -0.950. The average molecular weight is 500 g/mol. The summed E-state index contributed by atoms with van der Waals surface area (Å²) in [4.78, 5) is 36.5. The number of rotatable bonds is 2. The molecular weight excluding hydrogens is 473 g/mol. The highest BCUT2D eigenvalue weighted by atomic mass is 32.1. The van der Waals surface area contributed by atoms with Crippen molar-refractivity contribution in [1.82, 2.24) is 23.8 Å². The number of likely N-dealkylation sites (tertiary alicyclic amines) is 1. The van der Waals surface area contributed by atoms with Crippen LogP contribution in [0.15, 0.2) is 35.6 Å². The number of carbonyl (C=O) groups excluding carboxylic acids is 1. The quantitative estimate of drug-likeness (QED) is 0.451. The molecule has 1 aliphatic heterocycles. The lowest BCUT2D eigenvalue weighted by Gasteiger charge is -2.37. The second-order valence-electron chi connectivity index (χ2n) is 9.82. The molecule has 1 fully saturated rings. The SMILES string of the molecule is Cc1cn2cc(-c3cc4ncn([C@H]5CCN(C(=O)OC(C)(C)C)C[C@@H]5O)c(=O)c4s3)cc(F)c2n1. The largest absolute Gasteiger partial charge is 0.444 e. The van der Waals surface area contributed by atoms with Gasteiger partial charge in [0.25, 0.3) is 5.56 Å². The number of ether oxygens (including phenoxy) is 1. The van der Waals surface area contributed by atoms with E-state index in [4.69, 9.17) is 4.74 Å². The van der Waals surface area contributed by atoms with Crippen LogP contribution in [0, 0.1) is 12.7 Å². The first-order valence-electron chi connectivity index (χ1n) is 11.3. The maximum Gasteiger partial charge on any atom is 0.410 e. The van der Waals surface area contributed by atoms with Crippen LogP contribution in [0.25, 0.3) is 26.3 Å². The minimum Gasteiger partial charge on any atom is -0.444 e. The number of hydrogen-bond acceptors (Lipinski definition) is 7. The van der Waals surface area contributed by atoms with Gasteiger partial charge < -0.3 is 19.1 Å². The Morgan fingerprint density at radius 3 is 2.77 bits per heavy atom. The van der Waals surface area contributed by atoms with Gasteiger partial charge in [-0.3, -0.25) is 9.36 Å². The lowest BCUT2D eigenvalue weighted by Crippen LogP contribution is -2.50. The Kier molecular flexibility index (Phi) is 5.64. The Morgan fingerprint density at radius 1 is 1.29 bits per heavy atom. The molecule has 0 aromatic carbocycles. The summed E-state index contributed by atoms with van der Waals surface area (Å²) in [7, 11) is 0. The number of halogens is 1. The molecule has 9 nitrogen and oxygen atoms in total. The zero-order valence-electron chi connectivity index (χ0n) is 19.9. The van der Waals surface area contributed by atoms with Crippen LogP contribution in [-0.4, -0.2) is 59.8 Å². The van der Waals surface area contributed by atoms with Crippen LogP contribution in [0.5, 0.6) is 0 Å². The number of thiophene rings is 1. The molecule has 5 rings (SSSR count). The number of fused-ring (bicyclic) bond motifs is 2. The Morgan fingerprint density at radius 2 is 2.06 bits per heavy atom. The molecule has 4 aromatic heterocycles. The van der Waals surface area contributed by atoms with E-state index in [1.165, 1.54) is 33.2 Å². The Balaban J connectivity index is 1.43. The predicted octanol–water partition coefficient (Wildman–Crippen LogP) is 3.76. The molecule has 0 saturated carbocycles. The van der Waals surface area contributed by atoms with Crippen molar-refractivity contribution < 1.29 is 19.0 Å². The normalized spacial score (nSPS) is 19.0. The number of piperidine rings is 1. The summed E-state index contributed by atoms with van der Waals surface area (Å²) in [5, 5.41) is 10.8. The summed E-state index contributed by atoms with van der Waals surface area (Å²) in [6.45, 7) is 7.56. The number of aliphatic hydroxyl groups excluding tert-OH is 1. The van der Waals surface area contributed by atoms with Crippen molar-refractivity contribution in [3.05, 3.63) is 52.7 Å². The number of carbonyl (C=O) groups is 1. The van der Waals surface area contributed by atoms with Gasteiger partial charge in [-0.1, -0.05) is 0 Å². The minimum absolute atomic E-state index is 0.0589. The molecule has 1 amide bonds. The van der Waals surface area contributed by atoms with Crippen molar-refractivity contribution in [3.63, 3.8) is 0 Å². The number of β-amino-alcohol motifs (C(OH)–C–C–N with tert-alkyl or cyclic N) is 1. The third kappa shape index (κ3) is 4.41. The number of nitrogens with zero attached hydrogens (tertiary/aromatic N) is 5. The first-order valence-corrected chi connectivity index (χ1v) is 12.1. The molecule has 1 N–H and O–H groups in total. The van der Waals surface area contributed by atoms with Gasteiger partial charge in [0.15, 0.2) is 11.5 Å². The van der Waals surface area contributed by atoms with E-state index in [0.717, 1.165) is 0 Å². The number of aliphatic hydroxyl groups is 1. The summed E-state index contributed by atoms with van der Waals surface area (Å²) in [6.07, 6.45) is 3.89. The lowest BCUT2D eigenvalue weighted by atomic mass is 10.0. The van der Waals surface area contributed by atoms with E-state index < -0.39 is 29.7 Å². The van der Waals surface area contributed by atoms with Gasteiger partial charge in [-0.25, -0.2) is 19.2 Å². The van der Waals surface area contributed by atoms with Gasteiger partial charge in [0.05, 0.1) is 36.2 Å². The smallest absolute Gasteiger partial charge is 0.410 e. The van der Waals surface area contributed by atoms with Crippen LogP contribution in [0.2, 0.25) is 0 Å². The second kappa shape index (κ2) is 8.42. The van der Waals surface area contributed by atoms with Crippen molar-refractivity contribution in [2.45, 2.75) is 51.9 Å². The van der Waals surface area contributed by atoms with Crippen molar-refractivity contribution in [1.29, 1.82) is 0 Å². The van der Waals surface area contributed by atoms with Gasteiger partial charge in [-0.05, 0) is 46.2 Å². The number of hydrogen-bond donors (Lipinski definition) is 1. The van der Waals surface area contributed by atoms with E-state index in [-0.39, 0.29) is 17.8 Å². The second-order valence-corrected chi connectivity index (χ2v) is 10.9. The lowest BCUT2D eigenvalue weighted by molar-refractivity contribution is -0.0105. The van der Waals surface area contributed by atoms with E-state index in [1.807, 2.05) is 0 Å². The summed E-state index contributed by atoms with van der Waals surface area (Å²) in [5.74, 6) is -0.446. The zero-order chi connectivity index (χ0) is 25.1. The van der Waals surface area contributed by atoms with Gasteiger partial charge in [0, 0.05) is 29.4 Å². The highest BCUT2D eigenvalue weighted by Gasteiger charge is 2.34. The van der Waals surface area contributed by atoms with Crippen LogP contribution >= 0.6 is 11.3 Å². The van der Waals surface area contributed by atoms with Crippen LogP contribution in [-0.2, 0) is 4.74 Å². The van der Waals surface area contributed by atoms with Crippen LogP contribution in [0.3, 0.4) is 0 Å². The average Bonchev–Trinajstić information content (AvgIpc) is 3.37. The molecule has 2 atom stereocenters. The van der Waals surface area contributed by atoms with Gasteiger partial charge in [-0.2, -0.15) is 0 Å². The highest BCUT2D eigenvalue weighted by Crippen LogP contribution is 2.33. The highest BCUT2D eigenvalue weighted by molar-refractivity contribution is 7.22. The van der Waals surface area contributed by atoms with Gasteiger partial charge in [-0.15, -0.1) is 11.3 Å². The maximum atomic E-state index is 14.6. The zero-order valence-corrected chi connectivity index (χ0v) is 20.7. The van der Waals surface area contributed by atoms with E-state index in [0.29, 0.717) is 39.3 Å². The summed E-state index contributed by atoms with van der Waals surface area (Å²) < 4.78 is 23.5. The molecule has 5 heterocycles. The fourth-order valence-electron chi connectivity index (χ4n) is 4.35. The molecule has 1 saturated heterocycles. The predicted molar refractivity (Wildman–Crippen MR) is 130 cm³/mol. The summed E-state index contributed by atoms with van der Waals surface area (Å²) in [6, 6.07) is 2.64. The molecule has 0 bridgehead atoms. The third-order valence-electron chi connectivity index (χ3n) is 5.93. The molecular formula is C24H26FN5O4S. The molecule has 0 aliphatic carbocycles. The first-order chi connectivity index (χ1) is 16.5. The molecule has 11 heteroatoms. The molecule has 4 aromatic rings. The van der Waals surface area contributed by atoms with Crippen LogP contribution < -0.4 is 5.56 Å². The fraction of sp³-hybridized carbons (Fsp3) is 0.417. The summed E-state index contributed by atoms with van der Waals surface area (Å²) >= 11 is 1.23. The van der Waals surface area contributed by atoms with Crippen LogP contribution in [0.4, 0.5) is 9.18 Å². The monoisotopic (exact) mass is 499 g/mol. The third-order valence-corrected chi connectivity index (χ3v) is 7.09. The fourth-order valence-corrected chi connectivity index (χ4v) is 5.38. The number of aromatic nitrogens is 4. The van der Waals surface area contributed by atoms with E-state index in [2.05, 4.69) is 9.97 Å². The molecule has 0 unspecified atom stereocenters.